The maximum atomic E-state index is 13.1. The molecular weight excluding hydrogens is 394 g/mol. The average molecular weight is 418 g/mol. The molecular formula is C21H24BrNOS. The molecule has 0 spiro atoms. The lowest BCUT2D eigenvalue weighted by Crippen LogP contribution is -2.31. The van der Waals surface area contributed by atoms with E-state index in [1.807, 2.05) is 29.2 Å². The summed E-state index contributed by atoms with van der Waals surface area (Å²) < 4.78 is 1.08. The van der Waals surface area contributed by atoms with E-state index in [-0.39, 0.29) is 5.91 Å². The van der Waals surface area contributed by atoms with Crippen molar-refractivity contribution >= 4 is 50.5 Å². The van der Waals surface area contributed by atoms with E-state index in [9.17, 15) is 4.79 Å². The van der Waals surface area contributed by atoms with Gasteiger partial charge in [0.15, 0.2) is 0 Å². The Morgan fingerprint density at radius 1 is 1.20 bits per heavy atom. The summed E-state index contributed by atoms with van der Waals surface area (Å²) in [6.07, 6.45) is 6.77. The summed E-state index contributed by atoms with van der Waals surface area (Å²) in [7, 11) is 0. The van der Waals surface area contributed by atoms with Crippen LogP contribution in [0, 0.1) is 5.92 Å². The van der Waals surface area contributed by atoms with Gasteiger partial charge in [-0.2, -0.15) is 0 Å². The van der Waals surface area contributed by atoms with Gasteiger partial charge in [0.25, 0.3) is 5.91 Å². The third-order valence-corrected chi connectivity index (χ3v) is 6.40. The van der Waals surface area contributed by atoms with Gasteiger partial charge in [0.1, 0.15) is 0 Å². The lowest BCUT2D eigenvalue weighted by Gasteiger charge is -2.23. The minimum Gasteiger partial charge on any atom is -0.307 e. The topological polar surface area (TPSA) is 20.3 Å². The second-order valence-corrected chi connectivity index (χ2v) is 9.04. The molecule has 2 heterocycles. The number of nitrogens with zero attached hydrogens (tertiary/aromatic N) is 1. The maximum Gasteiger partial charge on any atom is 0.259 e. The molecule has 1 atom stereocenters. The molecule has 0 radical (unpaired) electrons. The van der Waals surface area contributed by atoms with Crippen LogP contribution in [0.4, 0.5) is 5.69 Å². The normalized spacial score (nSPS) is 16.5. The molecule has 2 aromatic rings. The van der Waals surface area contributed by atoms with E-state index >= 15 is 0 Å². The summed E-state index contributed by atoms with van der Waals surface area (Å²) in [6, 6.07) is 12.3. The van der Waals surface area contributed by atoms with Gasteiger partial charge in [0, 0.05) is 17.0 Å². The van der Waals surface area contributed by atoms with Crippen molar-refractivity contribution in [3.05, 3.63) is 50.6 Å². The van der Waals surface area contributed by atoms with Gasteiger partial charge < -0.3 is 4.90 Å². The standard InChI is InChI=1S/C21H24BrNOS/c1-3-5-8-15(4-2)14-23-19-10-7-6-9-17(19)18(21(23)24)13-16-11-12-20(22)25-16/h6-7,9-13,15H,3-5,8,14H2,1-2H3. The molecule has 0 bridgehead atoms. The Balaban J connectivity index is 1.91. The number of thiophene rings is 1. The van der Waals surface area contributed by atoms with Gasteiger partial charge in [-0.15, -0.1) is 11.3 Å². The summed E-state index contributed by atoms with van der Waals surface area (Å²) >= 11 is 5.15. The third kappa shape index (κ3) is 4.06. The highest BCUT2D eigenvalue weighted by Gasteiger charge is 2.33. The van der Waals surface area contributed by atoms with Crippen molar-refractivity contribution in [3.8, 4) is 0 Å². The van der Waals surface area contributed by atoms with E-state index in [2.05, 4.69) is 48.0 Å². The first-order valence-electron chi connectivity index (χ1n) is 9.02. The van der Waals surface area contributed by atoms with Crippen molar-refractivity contribution < 1.29 is 4.79 Å². The Bertz CT molecular complexity index is 780. The number of benzene rings is 1. The molecule has 1 aliphatic rings. The van der Waals surface area contributed by atoms with E-state index in [1.165, 1.54) is 19.3 Å². The molecule has 0 N–H and O–H groups in total. The molecule has 1 aromatic carbocycles. The van der Waals surface area contributed by atoms with Gasteiger partial charge in [-0.3, -0.25) is 4.79 Å². The van der Waals surface area contributed by atoms with Crippen molar-refractivity contribution in [2.24, 2.45) is 5.92 Å². The number of carbonyl (C=O) groups is 1. The second kappa shape index (κ2) is 8.33. The summed E-state index contributed by atoms with van der Waals surface area (Å²) in [5.41, 5.74) is 2.93. The quantitative estimate of drug-likeness (QED) is 0.463. The lowest BCUT2D eigenvalue weighted by atomic mass is 9.98. The smallest absolute Gasteiger partial charge is 0.259 e. The Labute approximate surface area is 162 Å². The molecule has 1 amide bonds. The first-order chi connectivity index (χ1) is 12.1. The van der Waals surface area contributed by atoms with E-state index in [1.54, 1.807) is 11.3 Å². The molecule has 132 valence electrons. The molecule has 1 aliphatic heterocycles. The van der Waals surface area contributed by atoms with E-state index in [0.29, 0.717) is 5.92 Å². The fourth-order valence-corrected chi connectivity index (χ4v) is 4.72. The fraction of sp³-hybridized carbons (Fsp3) is 0.381. The van der Waals surface area contributed by atoms with Gasteiger partial charge in [-0.1, -0.05) is 51.3 Å². The largest absolute Gasteiger partial charge is 0.307 e. The average Bonchev–Trinajstić information content (AvgIpc) is 3.15. The van der Waals surface area contributed by atoms with E-state index < -0.39 is 0 Å². The highest BCUT2D eigenvalue weighted by molar-refractivity contribution is 9.11. The van der Waals surface area contributed by atoms with Crippen molar-refractivity contribution in [3.63, 3.8) is 0 Å². The van der Waals surface area contributed by atoms with Crippen LogP contribution in [0.25, 0.3) is 11.6 Å². The van der Waals surface area contributed by atoms with Crippen LogP contribution in [0.5, 0.6) is 0 Å². The number of hydrogen-bond donors (Lipinski definition) is 0. The number of para-hydroxylation sites is 1. The van der Waals surface area contributed by atoms with Crippen LogP contribution in [0.2, 0.25) is 0 Å². The zero-order valence-electron chi connectivity index (χ0n) is 14.8. The number of halogens is 1. The molecule has 3 rings (SSSR count). The Hall–Kier alpha value is -1.39. The van der Waals surface area contributed by atoms with Crippen LogP contribution < -0.4 is 4.90 Å². The summed E-state index contributed by atoms with van der Waals surface area (Å²) in [4.78, 5) is 16.2. The van der Waals surface area contributed by atoms with Crippen LogP contribution in [0.1, 0.15) is 50.0 Å². The maximum absolute atomic E-state index is 13.1. The highest BCUT2D eigenvalue weighted by Crippen LogP contribution is 2.39. The van der Waals surface area contributed by atoms with Crippen molar-refractivity contribution in [2.45, 2.75) is 39.5 Å². The molecule has 0 saturated heterocycles. The molecule has 0 saturated carbocycles. The van der Waals surface area contributed by atoms with E-state index in [4.69, 9.17) is 0 Å². The highest BCUT2D eigenvalue weighted by atomic mass is 79.9. The van der Waals surface area contributed by atoms with Crippen molar-refractivity contribution in [2.75, 3.05) is 11.4 Å². The molecule has 1 unspecified atom stereocenters. The van der Waals surface area contributed by atoms with Crippen LogP contribution in [0.15, 0.2) is 40.2 Å². The number of carbonyl (C=O) groups excluding carboxylic acids is 1. The zero-order valence-corrected chi connectivity index (χ0v) is 17.2. The molecule has 1 aromatic heterocycles. The fourth-order valence-electron chi connectivity index (χ4n) is 3.35. The van der Waals surface area contributed by atoms with Gasteiger partial charge in [0.2, 0.25) is 0 Å². The van der Waals surface area contributed by atoms with Crippen molar-refractivity contribution in [1.82, 2.24) is 0 Å². The summed E-state index contributed by atoms with van der Waals surface area (Å²) in [6.45, 7) is 5.27. The Morgan fingerprint density at radius 3 is 2.68 bits per heavy atom. The number of unbranched alkanes of at least 4 members (excludes halogenated alkanes) is 1. The van der Waals surface area contributed by atoms with Gasteiger partial charge in [0.05, 0.1) is 15.0 Å². The number of anilines is 1. The monoisotopic (exact) mass is 417 g/mol. The minimum atomic E-state index is 0.140. The molecule has 0 fully saturated rings. The predicted molar refractivity (Wildman–Crippen MR) is 112 cm³/mol. The minimum absolute atomic E-state index is 0.140. The molecule has 0 aliphatic carbocycles. The number of fused-ring (bicyclic) bond motifs is 1. The second-order valence-electron chi connectivity index (χ2n) is 6.55. The van der Waals surface area contributed by atoms with Crippen LogP contribution in [-0.4, -0.2) is 12.5 Å². The number of hydrogen-bond acceptors (Lipinski definition) is 2. The lowest BCUT2D eigenvalue weighted by molar-refractivity contribution is -0.113. The predicted octanol–water partition coefficient (Wildman–Crippen LogP) is 6.61. The number of amides is 1. The molecule has 2 nitrogen and oxygen atoms in total. The van der Waals surface area contributed by atoms with Crippen LogP contribution in [-0.2, 0) is 4.79 Å². The van der Waals surface area contributed by atoms with E-state index in [0.717, 1.165) is 38.5 Å². The van der Waals surface area contributed by atoms with Gasteiger partial charge in [-0.05, 0) is 52.5 Å². The zero-order chi connectivity index (χ0) is 17.8. The van der Waals surface area contributed by atoms with Crippen LogP contribution >= 0.6 is 27.3 Å². The molecule has 4 heteroatoms. The van der Waals surface area contributed by atoms with Crippen molar-refractivity contribution in [1.29, 1.82) is 0 Å². The number of rotatable bonds is 7. The first kappa shape index (κ1) is 18.4. The summed E-state index contributed by atoms with van der Waals surface area (Å²) in [5, 5.41) is 0. The first-order valence-corrected chi connectivity index (χ1v) is 10.6. The Morgan fingerprint density at radius 2 is 2.00 bits per heavy atom. The van der Waals surface area contributed by atoms with Crippen LogP contribution in [0.3, 0.4) is 0 Å². The summed E-state index contributed by atoms with van der Waals surface area (Å²) in [5.74, 6) is 0.702. The van der Waals surface area contributed by atoms with Gasteiger partial charge >= 0.3 is 0 Å². The van der Waals surface area contributed by atoms with Gasteiger partial charge in [-0.25, -0.2) is 0 Å². The molecule has 25 heavy (non-hydrogen) atoms. The third-order valence-electron chi connectivity index (χ3n) is 4.83. The Kier molecular flexibility index (Phi) is 6.13. The SMILES string of the molecule is CCCCC(CC)CN1C(=O)C(=Cc2ccc(Br)s2)c2ccccc21.